The van der Waals surface area contributed by atoms with Crippen LogP contribution in [0.4, 0.5) is 8.78 Å². The van der Waals surface area contributed by atoms with Crippen molar-refractivity contribution in [3.8, 4) is 0 Å². The Hall–Kier alpha value is -0.850. The van der Waals surface area contributed by atoms with Crippen LogP contribution in [0, 0.1) is 11.8 Å². The predicted molar refractivity (Wildman–Crippen MR) is 64.8 cm³/mol. The normalized spacial score (nSPS) is 42.5. The van der Waals surface area contributed by atoms with Crippen molar-refractivity contribution in [1.82, 2.24) is 0 Å². The van der Waals surface area contributed by atoms with E-state index in [0.29, 0.717) is 6.42 Å². The zero-order valence-electron chi connectivity index (χ0n) is 11.1. The lowest BCUT2D eigenvalue weighted by Crippen LogP contribution is -2.53. The molecule has 3 rings (SSSR count). The Kier molecular flexibility index (Phi) is 3.03. The SMILES string of the molecule is CC1(OC(=O)C(F)(F)S(=O)(=O)O)C2CC3OS(=O)(=O)C1C3C2. The lowest BCUT2D eigenvalue weighted by atomic mass is 9.84. The Morgan fingerprint density at radius 2 is 2.00 bits per heavy atom. The van der Waals surface area contributed by atoms with Crippen LogP contribution >= 0.6 is 0 Å². The van der Waals surface area contributed by atoms with E-state index < -0.39 is 60.3 Å². The highest BCUT2D eigenvalue weighted by Gasteiger charge is 2.72. The number of hydrogen-bond acceptors (Lipinski definition) is 7. The van der Waals surface area contributed by atoms with Crippen LogP contribution in [0.2, 0.25) is 0 Å². The molecule has 22 heavy (non-hydrogen) atoms. The van der Waals surface area contributed by atoms with Gasteiger partial charge in [0, 0.05) is 11.8 Å². The highest BCUT2D eigenvalue weighted by Crippen LogP contribution is 2.60. The predicted octanol–water partition coefficient (Wildman–Crippen LogP) is -0.0941. The summed E-state index contributed by atoms with van der Waals surface area (Å²) in [5.74, 6) is -3.51. The van der Waals surface area contributed by atoms with Gasteiger partial charge < -0.3 is 4.74 Å². The minimum absolute atomic E-state index is 0.210. The highest BCUT2D eigenvalue weighted by molar-refractivity contribution is 7.88. The van der Waals surface area contributed by atoms with E-state index in [1.54, 1.807) is 0 Å². The molecule has 12 heteroatoms. The van der Waals surface area contributed by atoms with Gasteiger partial charge in [0.25, 0.3) is 10.1 Å². The van der Waals surface area contributed by atoms with Crippen LogP contribution in [0.1, 0.15) is 19.8 Å². The van der Waals surface area contributed by atoms with Crippen LogP contribution in [-0.4, -0.2) is 49.6 Å². The van der Waals surface area contributed by atoms with Crippen molar-refractivity contribution in [2.45, 2.75) is 42.0 Å². The molecule has 1 aliphatic heterocycles. The molecule has 2 aliphatic carbocycles. The van der Waals surface area contributed by atoms with E-state index in [0.717, 1.165) is 0 Å². The minimum atomic E-state index is -6.01. The third kappa shape index (κ3) is 1.87. The van der Waals surface area contributed by atoms with Crippen LogP contribution < -0.4 is 0 Å². The summed E-state index contributed by atoms with van der Waals surface area (Å²) in [6.45, 7) is 1.17. The molecule has 0 aromatic rings. The molecule has 1 saturated heterocycles. The summed E-state index contributed by atoms with van der Waals surface area (Å²) in [5.41, 5.74) is -1.82. The number of hydrogen-bond donors (Lipinski definition) is 1. The zero-order chi connectivity index (χ0) is 16.7. The van der Waals surface area contributed by atoms with Crippen molar-refractivity contribution < 1.29 is 43.9 Å². The maximum Gasteiger partial charge on any atom is 0.465 e. The molecule has 126 valence electrons. The number of carbonyl (C=O) groups is 1. The Bertz CT molecular complexity index is 743. The monoisotopic (exact) mass is 362 g/mol. The van der Waals surface area contributed by atoms with Gasteiger partial charge in [0.1, 0.15) is 10.9 Å². The summed E-state index contributed by atoms with van der Waals surface area (Å²) in [7, 11) is -10.1. The van der Waals surface area contributed by atoms with Gasteiger partial charge >= 0.3 is 21.3 Å². The second kappa shape index (κ2) is 4.16. The molecule has 3 aliphatic rings. The summed E-state index contributed by atoms with van der Waals surface area (Å²) in [4.78, 5) is 11.5. The molecule has 1 heterocycles. The average molecular weight is 362 g/mol. The molecular weight excluding hydrogens is 350 g/mol. The second-order valence-electron chi connectivity index (χ2n) is 5.95. The number of fused-ring (bicyclic) bond motifs is 1. The van der Waals surface area contributed by atoms with Gasteiger partial charge in [0.2, 0.25) is 0 Å². The molecule has 0 radical (unpaired) electrons. The van der Waals surface area contributed by atoms with Gasteiger partial charge in [0.05, 0.1) is 6.10 Å². The van der Waals surface area contributed by atoms with Crippen LogP contribution in [0.15, 0.2) is 0 Å². The first-order valence-electron chi connectivity index (χ1n) is 6.31. The summed E-state index contributed by atoms with van der Waals surface area (Å²) in [6, 6.07) is 0. The minimum Gasteiger partial charge on any atom is -0.452 e. The molecule has 0 amide bonds. The Morgan fingerprint density at radius 1 is 1.41 bits per heavy atom. The Morgan fingerprint density at radius 3 is 2.55 bits per heavy atom. The number of halogens is 2. The molecule has 2 saturated carbocycles. The summed E-state index contributed by atoms with van der Waals surface area (Å²) >= 11 is 0. The van der Waals surface area contributed by atoms with E-state index in [1.165, 1.54) is 6.92 Å². The maximum atomic E-state index is 13.3. The zero-order valence-corrected chi connectivity index (χ0v) is 12.7. The molecule has 2 bridgehead atoms. The lowest BCUT2D eigenvalue weighted by Gasteiger charge is -2.36. The molecule has 1 N–H and O–H groups in total. The molecule has 3 fully saturated rings. The van der Waals surface area contributed by atoms with E-state index >= 15 is 0 Å². The van der Waals surface area contributed by atoms with Crippen molar-refractivity contribution in [3.63, 3.8) is 0 Å². The largest absolute Gasteiger partial charge is 0.465 e. The van der Waals surface area contributed by atoms with E-state index in [2.05, 4.69) is 4.74 Å². The number of ether oxygens (including phenoxy) is 1. The van der Waals surface area contributed by atoms with Gasteiger partial charge in [-0.1, -0.05) is 0 Å². The Balaban J connectivity index is 1.95. The molecule has 5 unspecified atom stereocenters. The summed E-state index contributed by atoms with van der Waals surface area (Å²) in [6.07, 6.45) is -0.0360. The van der Waals surface area contributed by atoms with E-state index in [1.807, 2.05) is 0 Å². The van der Waals surface area contributed by atoms with Crippen molar-refractivity contribution in [2.75, 3.05) is 0 Å². The van der Waals surface area contributed by atoms with Crippen LogP contribution in [0.5, 0.6) is 0 Å². The van der Waals surface area contributed by atoms with Gasteiger partial charge in [-0.15, -0.1) is 0 Å². The molecule has 0 aromatic heterocycles. The fourth-order valence-electron chi connectivity index (χ4n) is 3.82. The second-order valence-corrected chi connectivity index (χ2v) is 9.09. The number of alkyl halides is 2. The quantitative estimate of drug-likeness (QED) is 0.419. The fourth-order valence-corrected chi connectivity index (χ4v) is 6.29. The number of rotatable bonds is 3. The van der Waals surface area contributed by atoms with Crippen LogP contribution in [-0.2, 0) is 34.0 Å². The van der Waals surface area contributed by atoms with Crippen LogP contribution in [0.25, 0.3) is 0 Å². The highest BCUT2D eigenvalue weighted by atomic mass is 32.2. The molecule has 0 aromatic carbocycles. The molecular formula is C10H12F2O8S2. The van der Waals surface area contributed by atoms with E-state index in [9.17, 15) is 30.4 Å². The van der Waals surface area contributed by atoms with Gasteiger partial charge in [-0.2, -0.15) is 25.6 Å². The summed E-state index contributed by atoms with van der Waals surface area (Å²) in [5, 5.41) is -6.48. The van der Waals surface area contributed by atoms with E-state index in [4.69, 9.17) is 8.74 Å². The lowest BCUT2D eigenvalue weighted by molar-refractivity contribution is -0.180. The topological polar surface area (TPSA) is 124 Å². The standard InChI is InChI=1S/C10H12F2O8S2/c1-9(19-8(13)10(11,12)22(16,17)18)4-2-5-6(3-4)20-21(14,15)7(5)9/h4-7H,2-3H2,1H3,(H,16,17,18). The summed E-state index contributed by atoms with van der Waals surface area (Å²) < 4.78 is 89.6. The van der Waals surface area contributed by atoms with Gasteiger partial charge in [-0.3, -0.25) is 8.74 Å². The van der Waals surface area contributed by atoms with Gasteiger partial charge in [-0.05, 0) is 19.8 Å². The maximum absolute atomic E-state index is 13.3. The molecule has 0 spiro atoms. The number of esters is 1. The number of carbonyl (C=O) groups excluding carboxylic acids is 1. The van der Waals surface area contributed by atoms with E-state index in [-0.39, 0.29) is 6.42 Å². The first kappa shape index (κ1) is 16.0. The van der Waals surface area contributed by atoms with Gasteiger partial charge in [0.15, 0.2) is 0 Å². The van der Waals surface area contributed by atoms with Crippen LogP contribution in [0.3, 0.4) is 0 Å². The van der Waals surface area contributed by atoms with Crippen molar-refractivity contribution in [2.24, 2.45) is 11.8 Å². The third-order valence-electron chi connectivity index (χ3n) is 4.76. The van der Waals surface area contributed by atoms with Crippen molar-refractivity contribution in [1.29, 1.82) is 0 Å². The first-order chi connectivity index (χ1) is 9.81. The Labute approximate surface area is 124 Å². The fraction of sp³-hybridized carbons (Fsp3) is 0.900. The molecule has 5 atom stereocenters. The first-order valence-corrected chi connectivity index (χ1v) is 9.22. The smallest absolute Gasteiger partial charge is 0.452 e. The molecule has 8 nitrogen and oxygen atoms in total. The van der Waals surface area contributed by atoms with Crippen molar-refractivity contribution in [3.05, 3.63) is 0 Å². The average Bonchev–Trinajstić information content (AvgIpc) is 2.86. The third-order valence-corrected chi connectivity index (χ3v) is 7.53. The van der Waals surface area contributed by atoms with Crippen molar-refractivity contribution >= 4 is 26.2 Å². The van der Waals surface area contributed by atoms with Gasteiger partial charge in [-0.25, -0.2) is 4.79 Å².